The maximum Gasteiger partial charge on any atom is 0.123 e. The van der Waals surface area contributed by atoms with Gasteiger partial charge in [0.25, 0.3) is 0 Å². The van der Waals surface area contributed by atoms with Crippen LogP contribution >= 0.6 is 0 Å². The van der Waals surface area contributed by atoms with E-state index in [1.807, 2.05) is 13.0 Å². The lowest BCUT2D eigenvalue weighted by atomic mass is 10.1. The number of hydrogen-bond acceptors (Lipinski definition) is 1. The molecule has 0 aliphatic carbocycles. The molecule has 1 heterocycles. The molecule has 0 amide bonds. The van der Waals surface area contributed by atoms with Gasteiger partial charge in [-0.3, -0.25) is 0 Å². The average molecular weight is 205 g/mol. The van der Waals surface area contributed by atoms with E-state index in [-0.39, 0.29) is 12.4 Å². The lowest BCUT2D eigenvalue weighted by molar-refractivity contribution is 0.281. The maximum absolute atomic E-state index is 12.7. The van der Waals surface area contributed by atoms with Crippen molar-refractivity contribution in [2.45, 2.75) is 13.5 Å². The van der Waals surface area contributed by atoms with Gasteiger partial charge in [-0.15, -0.1) is 0 Å². The van der Waals surface area contributed by atoms with Gasteiger partial charge in [0.1, 0.15) is 5.82 Å². The van der Waals surface area contributed by atoms with E-state index in [2.05, 4.69) is 4.98 Å². The number of benzene rings is 1. The van der Waals surface area contributed by atoms with E-state index in [4.69, 9.17) is 5.11 Å². The van der Waals surface area contributed by atoms with Crippen LogP contribution in [0, 0.1) is 12.7 Å². The molecular formula is C12H12FNO. The first kappa shape index (κ1) is 9.93. The number of nitrogens with one attached hydrogen (secondary N) is 1. The number of hydrogen-bond donors (Lipinski definition) is 2. The second-order valence-electron chi connectivity index (χ2n) is 3.50. The maximum atomic E-state index is 12.7. The first-order valence-electron chi connectivity index (χ1n) is 4.76. The Balaban J connectivity index is 2.41. The topological polar surface area (TPSA) is 36.0 Å². The Bertz CT molecular complexity index is 459. The molecule has 0 saturated heterocycles. The molecule has 1 aromatic carbocycles. The van der Waals surface area contributed by atoms with Crippen LogP contribution in [0.3, 0.4) is 0 Å². The number of halogens is 1. The van der Waals surface area contributed by atoms with Gasteiger partial charge in [-0.25, -0.2) is 4.39 Å². The first-order valence-corrected chi connectivity index (χ1v) is 4.76. The summed E-state index contributed by atoms with van der Waals surface area (Å²) in [5, 5.41) is 9.04. The Morgan fingerprint density at radius 1 is 1.27 bits per heavy atom. The summed E-state index contributed by atoms with van der Waals surface area (Å²) >= 11 is 0. The molecule has 78 valence electrons. The van der Waals surface area contributed by atoms with Crippen molar-refractivity contribution < 1.29 is 9.50 Å². The summed E-state index contributed by atoms with van der Waals surface area (Å²) in [4.78, 5) is 3.15. The minimum absolute atomic E-state index is 0.0174. The highest BCUT2D eigenvalue weighted by atomic mass is 19.1. The third-order valence-electron chi connectivity index (χ3n) is 2.45. The van der Waals surface area contributed by atoms with Crippen molar-refractivity contribution in [1.82, 2.24) is 4.98 Å². The van der Waals surface area contributed by atoms with E-state index in [0.29, 0.717) is 0 Å². The van der Waals surface area contributed by atoms with Crippen LogP contribution in [0.5, 0.6) is 0 Å². The van der Waals surface area contributed by atoms with Crippen molar-refractivity contribution >= 4 is 0 Å². The fraction of sp³-hybridized carbons (Fsp3) is 0.167. The summed E-state index contributed by atoms with van der Waals surface area (Å²) < 4.78 is 12.7. The molecule has 2 aromatic rings. The predicted molar refractivity (Wildman–Crippen MR) is 56.8 cm³/mol. The Morgan fingerprint density at radius 2 is 1.93 bits per heavy atom. The van der Waals surface area contributed by atoms with Crippen molar-refractivity contribution in [2.24, 2.45) is 0 Å². The van der Waals surface area contributed by atoms with Crippen LogP contribution in [0.2, 0.25) is 0 Å². The van der Waals surface area contributed by atoms with Gasteiger partial charge in [0, 0.05) is 11.4 Å². The van der Waals surface area contributed by atoms with Crippen LogP contribution in [0.1, 0.15) is 11.3 Å². The number of aromatic nitrogens is 1. The quantitative estimate of drug-likeness (QED) is 0.776. The van der Waals surface area contributed by atoms with Crippen molar-refractivity contribution in [3.8, 4) is 11.3 Å². The molecule has 0 fully saturated rings. The van der Waals surface area contributed by atoms with E-state index in [1.165, 1.54) is 12.1 Å². The van der Waals surface area contributed by atoms with E-state index in [1.54, 1.807) is 12.1 Å². The summed E-state index contributed by atoms with van der Waals surface area (Å²) in [6, 6.07) is 8.14. The second kappa shape index (κ2) is 3.87. The van der Waals surface area contributed by atoms with Crippen LogP contribution in [-0.2, 0) is 6.61 Å². The normalized spacial score (nSPS) is 10.6. The Kier molecular flexibility index (Phi) is 2.56. The van der Waals surface area contributed by atoms with Crippen LogP contribution in [0.4, 0.5) is 4.39 Å². The molecule has 15 heavy (non-hydrogen) atoms. The summed E-state index contributed by atoms with van der Waals surface area (Å²) in [7, 11) is 0. The van der Waals surface area contributed by atoms with Gasteiger partial charge in [-0.1, -0.05) is 0 Å². The second-order valence-corrected chi connectivity index (χ2v) is 3.50. The van der Waals surface area contributed by atoms with Gasteiger partial charge in [-0.2, -0.15) is 0 Å². The van der Waals surface area contributed by atoms with Crippen molar-refractivity contribution in [2.75, 3.05) is 0 Å². The monoisotopic (exact) mass is 205 g/mol. The van der Waals surface area contributed by atoms with E-state index < -0.39 is 0 Å². The fourth-order valence-electron chi connectivity index (χ4n) is 1.55. The van der Waals surface area contributed by atoms with Crippen LogP contribution < -0.4 is 0 Å². The predicted octanol–water partition coefficient (Wildman–Crippen LogP) is 2.62. The molecule has 0 bridgehead atoms. The zero-order valence-corrected chi connectivity index (χ0v) is 8.42. The highest BCUT2D eigenvalue weighted by molar-refractivity contribution is 5.61. The van der Waals surface area contributed by atoms with E-state index >= 15 is 0 Å². The molecule has 2 rings (SSSR count). The van der Waals surface area contributed by atoms with Gasteiger partial charge in [0.05, 0.1) is 6.61 Å². The van der Waals surface area contributed by atoms with Gasteiger partial charge in [0.2, 0.25) is 0 Å². The summed E-state index contributed by atoms with van der Waals surface area (Å²) in [6.45, 7) is 1.92. The summed E-state index contributed by atoms with van der Waals surface area (Å²) in [5.41, 5.74) is 3.63. The number of H-pyrrole nitrogens is 1. The summed E-state index contributed by atoms with van der Waals surface area (Å²) in [6.07, 6.45) is 0. The third kappa shape index (κ3) is 1.92. The molecule has 0 saturated carbocycles. The zero-order valence-electron chi connectivity index (χ0n) is 8.42. The number of aliphatic hydroxyl groups excluding tert-OH is 1. The molecule has 0 aliphatic heterocycles. The molecule has 0 unspecified atom stereocenters. The van der Waals surface area contributed by atoms with E-state index in [9.17, 15) is 4.39 Å². The highest BCUT2D eigenvalue weighted by Crippen LogP contribution is 2.21. The van der Waals surface area contributed by atoms with Crippen LogP contribution in [0.25, 0.3) is 11.3 Å². The average Bonchev–Trinajstić information content (AvgIpc) is 2.61. The first-order chi connectivity index (χ1) is 7.20. The number of aryl methyl sites for hydroxylation is 1. The standard InChI is InChI=1S/C12H12FNO/c1-8-10(7-15)6-12(14-8)9-2-4-11(13)5-3-9/h2-6,14-15H,7H2,1H3. The Hall–Kier alpha value is -1.61. The molecule has 0 radical (unpaired) electrons. The molecule has 2 nitrogen and oxygen atoms in total. The molecule has 0 spiro atoms. The van der Waals surface area contributed by atoms with Crippen LogP contribution in [-0.4, -0.2) is 10.1 Å². The van der Waals surface area contributed by atoms with Gasteiger partial charge >= 0.3 is 0 Å². The lowest BCUT2D eigenvalue weighted by Crippen LogP contribution is -1.81. The minimum Gasteiger partial charge on any atom is -0.392 e. The van der Waals surface area contributed by atoms with E-state index in [0.717, 1.165) is 22.5 Å². The van der Waals surface area contributed by atoms with Gasteiger partial charge in [-0.05, 0) is 48.4 Å². The number of aliphatic hydroxyl groups is 1. The van der Waals surface area contributed by atoms with Crippen molar-refractivity contribution in [1.29, 1.82) is 0 Å². The largest absolute Gasteiger partial charge is 0.392 e. The third-order valence-corrected chi connectivity index (χ3v) is 2.45. The molecule has 3 heteroatoms. The molecule has 1 aromatic heterocycles. The lowest BCUT2D eigenvalue weighted by Gasteiger charge is -1.96. The SMILES string of the molecule is Cc1[nH]c(-c2ccc(F)cc2)cc1CO. The molecule has 0 aliphatic rings. The fourth-order valence-corrected chi connectivity index (χ4v) is 1.55. The van der Waals surface area contributed by atoms with Gasteiger partial charge < -0.3 is 10.1 Å². The minimum atomic E-state index is -0.246. The Morgan fingerprint density at radius 3 is 2.47 bits per heavy atom. The highest BCUT2D eigenvalue weighted by Gasteiger charge is 2.05. The van der Waals surface area contributed by atoms with Crippen molar-refractivity contribution in [3.63, 3.8) is 0 Å². The molecule has 0 atom stereocenters. The Labute approximate surface area is 87.4 Å². The molecule has 2 N–H and O–H groups in total. The number of aromatic amines is 1. The zero-order chi connectivity index (χ0) is 10.8. The number of rotatable bonds is 2. The van der Waals surface area contributed by atoms with Gasteiger partial charge in [0.15, 0.2) is 0 Å². The summed E-state index contributed by atoms with van der Waals surface area (Å²) in [5.74, 6) is -0.246. The smallest absolute Gasteiger partial charge is 0.123 e. The van der Waals surface area contributed by atoms with Crippen molar-refractivity contribution in [3.05, 3.63) is 47.4 Å². The molecular weight excluding hydrogens is 193 g/mol. The van der Waals surface area contributed by atoms with Crippen LogP contribution in [0.15, 0.2) is 30.3 Å².